The van der Waals surface area contributed by atoms with Crippen LogP contribution in [0.5, 0.6) is 5.75 Å². The van der Waals surface area contributed by atoms with Crippen LogP contribution in [0.25, 0.3) is 10.8 Å². The number of hydrogen-bond acceptors (Lipinski definition) is 5. The molecule has 0 radical (unpaired) electrons. The highest BCUT2D eigenvalue weighted by Crippen LogP contribution is 2.46. The number of rotatable bonds is 2. The molecule has 4 rings (SSSR count). The Morgan fingerprint density at radius 3 is 3.00 bits per heavy atom. The second-order valence-electron chi connectivity index (χ2n) is 5.54. The average molecular weight is 300 g/mol. The topological polar surface area (TPSA) is 74.0 Å². The summed E-state index contributed by atoms with van der Waals surface area (Å²) in [5.41, 5.74) is 0.997. The normalized spacial score (nSPS) is 23.0. The van der Waals surface area contributed by atoms with E-state index in [4.69, 9.17) is 15.5 Å². The van der Waals surface area contributed by atoms with Gasteiger partial charge in [-0.05, 0) is 16.8 Å². The highest BCUT2D eigenvalue weighted by atomic mass is 16.7. The van der Waals surface area contributed by atoms with Crippen LogP contribution in [-0.4, -0.2) is 30.8 Å². The molecule has 0 aliphatic carbocycles. The predicted octanol–water partition coefficient (Wildman–Crippen LogP) is 1.55. The third-order valence-electron chi connectivity index (χ3n) is 4.26. The fourth-order valence-corrected chi connectivity index (χ4v) is 3.30. The molecule has 0 saturated carbocycles. The van der Waals surface area contributed by atoms with E-state index in [1.807, 2.05) is 36.4 Å². The maximum Gasteiger partial charge on any atom is 0.274 e. The van der Waals surface area contributed by atoms with Crippen molar-refractivity contribution < 1.29 is 19.2 Å². The van der Waals surface area contributed by atoms with E-state index >= 15 is 0 Å². The van der Waals surface area contributed by atoms with Crippen molar-refractivity contribution in [2.45, 2.75) is 6.04 Å². The van der Waals surface area contributed by atoms with Crippen molar-refractivity contribution in [3.05, 3.63) is 42.0 Å². The Labute approximate surface area is 127 Å². The molecule has 2 aromatic carbocycles. The molecule has 1 amide bonds. The summed E-state index contributed by atoms with van der Waals surface area (Å²) in [6, 6.07) is 11.9. The standard InChI is InChI=1S/C16H16N2O4/c17-21-9-14(19)18-16-11(8-22-18)7-20-13-6-5-10-3-1-2-4-12(10)15(13)16/h1-6,11,16H,7-9,17H2/t11-,16-/m1/s1. The van der Waals surface area contributed by atoms with Crippen LogP contribution in [0.15, 0.2) is 36.4 Å². The molecule has 2 aliphatic rings. The summed E-state index contributed by atoms with van der Waals surface area (Å²) in [4.78, 5) is 22.3. The van der Waals surface area contributed by atoms with Crippen molar-refractivity contribution >= 4 is 16.7 Å². The number of nitrogens with two attached hydrogens (primary N) is 1. The zero-order valence-corrected chi connectivity index (χ0v) is 11.9. The molecule has 114 valence electrons. The van der Waals surface area contributed by atoms with Gasteiger partial charge in [0.25, 0.3) is 5.91 Å². The number of ether oxygens (including phenoxy) is 1. The van der Waals surface area contributed by atoms with Crippen molar-refractivity contribution in [3.8, 4) is 5.75 Å². The van der Waals surface area contributed by atoms with E-state index in [-0.39, 0.29) is 24.5 Å². The van der Waals surface area contributed by atoms with E-state index in [1.54, 1.807) is 0 Å². The van der Waals surface area contributed by atoms with Gasteiger partial charge in [-0.15, -0.1) is 0 Å². The fourth-order valence-electron chi connectivity index (χ4n) is 3.30. The van der Waals surface area contributed by atoms with E-state index in [1.165, 1.54) is 5.06 Å². The van der Waals surface area contributed by atoms with E-state index < -0.39 is 0 Å². The number of benzene rings is 2. The minimum atomic E-state index is -0.282. The first-order chi connectivity index (χ1) is 10.8. The summed E-state index contributed by atoms with van der Waals surface area (Å²) in [6.45, 7) is 0.775. The number of carbonyl (C=O) groups is 1. The molecular formula is C16H16N2O4. The van der Waals surface area contributed by atoms with Gasteiger partial charge in [0.1, 0.15) is 12.4 Å². The van der Waals surface area contributed by atoms with E-state index in [0.717, 1.165) is 22.1 Å². The minimum absolute atomic E-state index is 0.111. The zero-order chi connectivity index (χ0) is 15.1. The number of amides is 1. The Kier molecular flexibility index (Phi) is 3.22. The molecule has 0 aromatic heterocycles. The highest BCUT2D eigenvalue weighted by Gasteiger charge is 2.44. The first-order valence-corrected chi connectivity index (χ1v) is 7.20. The molecule has 2 atom stereocenters. The highest BCUT2D eigenvalue weighted by molar-refractivity contribution is 5.89. The van der Waals surface area contributed by atoms with Crippen LogP contribution in [0.4, 0.5) is 0 Å². The number of hydroxylamine groups is 2. The average Bonchev–Trinajstić information content (AvgIpc) is 2.99. The summed E-state index contributed by atoms with van der Waals surface area (Å²) in [5.74, 6) is 5.65. The molecule has 0 unspecified atom stereocenters. The quantitative estimate of drug-likeness (QED) is 0.852. The van der Waals surface area contributed by atoms with Gasteiger partial charge >= 0.3 is 0 Å². The fraction of sp³-hybridized carbons (Fsp3) is 0.312. The second-order valence-corrected chi connectivity index (χ2v) is 5.54. The van der Waals surface area contributed by atoms with Crippen LogP contribution >= 0.6 is 0 Å². The molecule has 22 heavy (non-hydrogen) atoms. The van der Waals surface area contributed by atoms with Gasteiger partial charge in [0.15, 0.2) is 0 Å². The van der Waals surface area contributed by atoms with Crippen molar-refractivity contribution in [3.63, 3.8) is 0 Å². The van der Waals surface area contributed by atoms with Crippen LogP contribution in [0.2, 0.25) is 0 Å². The van der Waals surface area contributed by atoms with Crippen LogP contribution in [-0.2, 0) is 14.5 Å². The second kappa shape index (κ2) is 5.24. The first-order valence-electron chi connectivity index (χ1n) is 7.20. The SMILES string of the molecule is NOCC(=O)N1OC[C@H]2COc3ccc4ccccc4c3[C@@H]21. The van der Waals surface area contributed by atoms with Gasteiger partial charge in [0.2, 0.25) is 0 Å². The third kappa shape index (κ3) is 1.96. The molecule has 6 heteroatoms. The van der Waals surface area contributed by atoms with Crippen LogP contribution in [0, 0.1) is 5.92 Å². The molecule has 2 heterocycles. The van der Waals surface area contributed by atoms with Crippen molar-refractivity contribution in [2.75, 3.05) is 19.8 Å². The van der Waals surface area contributed by atoms with Gasteiger partial charge < -0.3 is 4.74 Å². The van der Waals surface area contributed by atoms with Gasteiger partial charge in [-0.3, -0.25) is 14.5 Å². The Morgan fingerprint density at radius 1 is 1.27 bits per heavy atom. The molecule has 2 N–H and O–H groups in total. The van der Waals surface area contributed by atoms with E-state index in [0.29, 0.717) is 13.2 Å². The molecule has 1 saturated heterocycles. The number of hydrogen-bond donors (Lipinski definition) is 1. The predicted molar refractivity (Wildman–Crippen MR) is 78.6 cm³/mol. The summed E-state index contributed by atoms with van der Waals surface area (Å²) in [5, 5.41) is 3.58. The Balaban J connectivity index is 1.85. The summed E-state index contributed by atoms with van der Waals surface area (Å²) in [6.07, 6.45) is 0. The number of fused-ring (bicyclic) bond motifs is 5. The Bertz CT molecular complexity index is 733. The molecule has 2 aromatic rings. The zero-order valence-electron chi connectivity index (χ0n) is 11.9. The van der Waals surface area contributed by atoms with Gasteiger partial charge in [0.05, 0.1) is 19.3 Å². The summed E-state index contributed by atoms with van der Waals surface area (Å²) < 4.78 is 5.86. The lowest BCUT2D eigenvalue weighted by Gasteiger charge is -2.32. The summed E-state index contributed by atoms with van der Waals surface area (Å²) in [7, 11) is 0. The number of nitrogens with zero attached hydrogens (tertiary/aromatic N) is 1. The van der Waals surface area contributed by atoms with Crippen molar-refractivity contribution in [1.29, 1.82) is 0 Å². The minimum Gasteiger partial charge on any atom is -0.493 e. The number of carbonyl (C=O) groups excluding carboxylic acids is 1. The first kappa shape index (κ1) is 13.5. The van der Waals surface area contributed by atoms with Crippen LogP contribution in [0.1, 0.15) is 11.6 Å². The summed E-state index contributed by atoms with van der Waals surface area (Å²) >= 11 is 0. The Morgan fingerprint density at radius 2 is 2.14 bits per heavy atom. The van der Waals surface area contributed by atoms with Crippen LogP contribution < -0.4 is 10.6 Å². The molecule has 2 aliphatic heterocycles. The maximum absolute atomic E-state index is 12.2. The van der Waals surface area contributed by atoms with Gasteiger partial charge in [-0.1, -0.05) is 30.3 Å². The van der Waals surface area contributed by atoms with E-state index in [2.05, 4.69) is 4.84 Å². The lowest BCUT2D eigenvalue weighted by Crippen LogP contribution is -2.37. The van der Waals surface area contributed by atoms with Crippen molar-refractivity contribution in [2.24, 2.45) is 11.8 Å². The molecule has 1 fully saturated rings. The molecular weight excluding hydrogens is 284 g/mol. The van der Waals surface area contributed by atoms with Gasteiger partial charge in [-0.2, -0.15) is 0 Å². The van der Waals surface area contributed by atoms with Crippen molar-refractivity contribution in [1.82, 2.24) is 5.06 Å². The monoisotopic (exact) mass is 300 g/mol. The lowest BCUT2D eigenvalue weighted by molar-refractivity contribution is -0.182. The third-order valence-corrected chi connectivity index (χ3v) is 4.26. The van der Waals surface area contributed by atoms with Gasteiger partial charge in [-0.25, -0.2) is 11.0 Å². The molecule has 6 nitrogen and oxygen atoms in total. The van der Waals surface area contributed by atoms with E-state index in [9.17, 15) is 4.79 Å². The van der Waals surface area contributed by atoms with Crippen LogP contribution in [0.3, 0.4) is 0 Å². The largest absolute Gasteiger partial charge is 0.493 e. The lowest BCUT2D eigenvalue weighted by atomic mass is 9.88. The van der Waals surface area contributed by atoms with Gasteiger partial charge in [0, 0.05) is 11.5 Å². The Hall–Kier alpha value is -2.15. The smallest absolute Gasteiger partial charge is 0.274 e. The maximum atomic E-state index is 12.2. The molecule has 0 bridgehead atoms. The molecule has 0 spiro atoms.